The van der Waals surface area contributed by atoms with Crippen molar-refractivity contribution in [1.82, 2.24) is 0 Å². The van der Waals surface area contributed by atoms with Crippen molar-refractivity contribution < 1.29 is 22.1 Å². The molecule has 1 aromatic rings. The fraction of sp³-hybridized carbons (Fsp3) is 0.444. The summed E-state index contributed by atoms with van der Waals surface area (Å²) in [5, 5.41) is 1.62. The topological polar surface area (TPSA) is 69.7 Å². The van der Waals surface area contributed by atoms with Crippen LogP contribution in [0.25, 0.3) is 0 Å². The van der Waals surface area contributed by atoms with E-state index >= 15 is 0 Å². The van der Waals surface area contributed by atoms with E-state index in [4.69, 9.17) is 4.18 Å². The van der Waals surface area contributed by atoms with Crippen LogP contribution < -0.4 is 0 Å². The van der Waals surface area contributed by atoms with Gasteiger partial charge in [-0.2, -0.15) is 8.42 Å². The number of hydrogen-bond acceptors (Lipinski definition) is 6. The zero-order valence-electron chi connectivity index (χ0n) is 8.87. The predicted molar refractivity (Wildman–Crippen MR) is 58.7 cm³/mol. The number of hydrogen-bond donors (Lipinski definition) is 0. The van der Waals surface area contributed by atoms with Crippen LogP contribution in [0.2, 0.25) is 0 Å². The van der Waals surface area contributed by atoms with Gasteiger partial charge in [-0.3, -0.25) is 4.18 Å². The van der Waals surface area contributed by atoms with Gasteiger partial charge in [0.2, 0.25) is 0 Å². The van der Waals surface area contributed by atoms with Crippen molar-refractivity contribution in [2.24, 2.45) is 0 Å². The van der Waals surface area contributed by atoms with E-state index < -0.39 is 22.2 Å². The summed E-state index contributed by atoms with van der Waals surface area (Å²) >= 11 is 1.03. The van der Waals surface area contributed by atoms with Gasteiger partial charge in [0.1, 0.15) is 4.21 Å². The molecule has 1 aromatic heterocycles. The van der Waals surface area contributed by atoms with Crippen molar-refractivity contribution in [3.8, 4) is 0 Å². The van der Waals surface area contributed by atoms with Gasteiger partial charge in [0.05, 0.1) is 6.61 Å². The van der Waals surface area contributed by atoms with Crippen LogP contribution >= 0.6 is 11.3 Å². The van der Waals surface area contributed by atoms with Crippen LogP contribution in [0.5, 0.6) is 0 Å². The average Bonchev–Trinajstić information content (AvgIpc) is 2.70. The molecule has 0 bridgehead atoms. The van der Waals surface area contributed by atoms with Crippen molar-refractivity contribution in [3.63, 3.8) is 0 Å². The fourth-order valence-electron chi connectivity index (χ4n) is 0.942. The van der Waals surface area contributed by atoms with Crippen molar-refractivity contribution in [1.29, 1.82) is 0 Å². The number of thiophene rings is 1. The van der Waals surface area contributed by atoms with Crippen LogP contribution in [0.1, 0.15) is 13.8 Å². The Hall–Kier alpha value is -0.920. The lowest BCUT2D eigenvalue weighted by Crippen LogP contribution is -2.26. The molecule has 90 valence electrons. The standard InChI is InChI=1S/C9H12O5S2/c1-3-13-9(10)7(2)14-16(11,12)8-5-4-6-15-8/h4-7H,3H2,1-2H3/t7-/m0/s1. The molecular formula is C9H12O5S2. The van der Waals surface area contributed by atoms with Gasteiger partial charge in [-0.15, -0.1) is 11.3 Å². The maximum absolute atomic E-state index is 11.6. The molecule has 0 aliphatic carbocycles. The Kier molecular flexibility index (Phi) is 4.45. The zero-order valence-corrected chi connectivity index (χ0v) is 10.5. The summed E-state index contributed by atoms with van der Waals surface area (Å²) in [4.78, 5) is 11.2. The second-order valence-corrected chi connectivity index (χ2v) is 5.62. The first-order valence-electron chi connectivity index (χ1n) is 4.61. The number of carbonyl (C=O) groups is 1. The highest BCUT2D eigenvalue weighted by Gasteiger charge is 2.25. The maximum atomic E-state index is 11.6. The van der Waals surface area contributed by atoms with E-state index in [1.165, 1.54) is 13.0 Å². The largest absolute Gasteiger partial charge is 0.464 e. The van der Waals surface area contributed by atoms with Gasteiger partial charge in [0.25, 0.3) is 0 Å². The molecular weight excluding hydrogens is 252 g/mol. The Morgan fingerprint density at radius 2 is 2.25 bits per heavy atom. The second-order valence-electron chi connectivity index (χ2n) is 2.88. The van der Waals surface area contributed by atoms with Gasteiger partial charge in [0.15, 0.2) is 6.10 Å². The average molecular weight is 264 g/mol. The second kappa shape index (κ2) is 5.42. The highest BCUT2D eigenvalue weighted by Crippen LogP contribution is 2.19. The molecule has 1 atom stereocenters. The molecule has 0 unspecified atom stereocenters. The van der Waals surface area contributed by atoms with E-state index in [2.05, 4.69) is 4.74 Å². The quantitative estimate of drug-likeness (QED) is 0.594. The Morgan fingerprint density at radius 3 is 2.75 bits per heavy atom. The van der Waals surface area contributed by atoms with E-state index in [-0.39, 0.29) is 10.8 Å². The van der Waals surface area contributed by atoms with Crippen LogP contribution in [0.3, 0.4) is 0 Å². The van der Waals surface area contributed by atoms with E-state index in [9.17, 15) is 13.2 Å². The molecule has 0 aliphatic rings. The van der Waals surface area contributed by atoms with Gasteiger partial charge in [-0.25, -0.2) is 4.79 Å². The molecule has 0 saturated carbocycles. The van der Waals surface area contributed by atoms with Gasteiger partial charge < -0.3 is 4.74 Å². The molecule has 1 heterocycles. The van der Waals surface area contributed by atoms with E-state index in [0.29, 0.717) is 0 Å². The van der Waals surface area contributed by atoms with Crippen LogP contribution in [0.4, 0.5) is 0 Å². The summed E-state index contributed by atoms with van der Waals surface area (Å²) in [6.45, 7) is 3.16. The first kappa shape index (κ1) is 13.1. The molecule has 1 rings (SSSR count). The van der Waals surface area contributed by atoms with Crippen LogP contribution in [0, 0.1) is 0 Å². The third-order valence-electron chi connectivity index (χ3n) is 1.63. The smallest absolute Gasteiger partial charge is 0.336 e. The van der Waals surface area contributed by atoms with E-state index in [1.807, 2.05) is 0 Å². The van der Waals surface area contributed by atoms with Gasteiger partial charge in [0, 0.05) is 0 Å². The molecule has 0 amide bonds. The molecule has 7 heteroatoms. The maximum Gasteiger partial charge on any atom is 0.336 e. The Morgan fingerprint density at radius 1 is 1.56 bits per heavy atom. The van der Waals surface area contributed by atoms with Crippen molar-refractivity contribution >= 4 is 27.4 Å². The summed E-state index contributed by atoms with van der Waals surface area (Å²) in [5.74, 6) is -0.692. The summed E-state index contributed by atoms with van der Waals surface area (Å²) in [6, 6.07) is 3.01. The Balaban J connectivity index is 2.71. The molecule has 0 aromatic carbocycles. The van der Waals surface area contributed by atoms with Gasteiger partial charge >= 0.3 is 16.1 Å². The summed E-state index contributed by atoms with van der Waals surface area (Å²) < 4.78 is 32.6. The third kappa shape index (κ3) is 3.29. The summed E-state index contributed by atoms with van der Waals surface area (Å²) in [5.41, 5.74) is 0. The summed E-state index contributed by atoms with van der Waals surface area (Å²) in [6.07, 6.45) is -1.13. The predicted octanol–water partition coefficient (Wildman–Crippen LogP) is 1.41. The minimum Gasteiger partial charge on any atom is -0.464 e. The minimum atomic E-state index is -3.86. The number of ether oxygens (including phenoxy) is 1. The third-order valence-corrected chi connectivity index (χ3v) is 4.36. The lowest BCUT2D eigenvalue weighted by molar-refractivity contribution is -0.150. The molecule has 0 N–H and O–H groups in total. The minimum absolute atomic E-state index is 0.0728. The molecule has 0 spiro atoms. The van der Waals surface area contributed by atoms with Crippen LogP contribution in [0.15, 0.2) is 21.7 Å². The molecule has 0 fully saturated rings. The molecule has 5 nitrogen and oxygen atoms in total. The van der Waals surface area contributed by atoms with Crippen LogP contribution in [-0.2, 0) is 23.8 Å². The SMILES string of the molecule is CCOC(=O)[C@H](C)OS(=O)(=O)c1cccs1. The van der Waals surface area contributed by atoms with Gasteiger partial charge in [-0.1, -0.05) is 6.07 Å². The molecule has 0 saturated heterocycles. The molecule has 16 heavy (non-hydrogen) atoms. The number of rotatable bonds is 5. The first-order valence-corrected chi connectivity index (χ1v) is 6.89. The number of esters is 1. The van der Waals surface area contributed by atoms with E-state index in [0.717, 1.165) is 11.3 Å². The zero-order chi connectivity index (χ0) is 12.2. The van der Waals surface area contributed by atoms with Crippen LogP contribution in [-0.4, -0.2) is 27.1 Å². The number of carbonyl (C=O) groups excluding carboxylic acids is 1. The Labute approximate surface area is 98.1 Å². The van der Waals surface area contributed by atoms with Crippen molar-refractivity contribution in [2.75, 3.05) is 6.61 Å². The highest BCUT2D eigenvalue weighted by molar-refractivity contribution is 7.89. The lowest BCUT2D eigenvalue weighted by atomic mass is 10.4. The van der Waals surface area contributed by atoms with Gasteiger partial charge in [-0.05, 0) is 25.3 Å². The van der Waals surface area contributed by atoms with Crippen molar-refractivity contribution in [3.05, 3.63) is 17.5 Å². The highest BCUT2D eigenvalue weighted by atomic mass is 32.3. The monoisotopic (exact) mass is 264 g/mol. The normalized spacial score (nSPS) is 13.4. The summed E-state index contributed by atoms with van der Waals surface area (Å²) in [7, 11) is -3.86. The molecule has 0 aliphatic heterocycles. The fourth-order valence-corrected chi connectivity index (χ4v) is 2.95. The van der Waals surface area contributed by atoms with Crippen molar-refractivity contribution in [2.45, 2.75) is 24.2 Å². The first-order chi connectivity index (χ1) is 7.47. The lowest BCUT2D eigenvalue weighted by Gasteiger charge is -2.10. The van der Waals surface area contributed by atoms with E-state index in [1.54, 1.807) is 18.4 Å². The Bertz CT molecular complexity index is 434. The molecule has 0 radical (unpaired) electrons.